The zero-order valence-electron chi connectivity index (χ0n) is 15.4. The summed E-state index contributed by atoms with van der Waals surface area (Å²) in [6, 6.07) is 13.5. The van der Waals surface area contributed by atoms with Gasteiger partial charge in [-0.3, -0.25) is 9.78 Å². The molecule has 2 aromatic heterocycles. The van der Waals surface area contributed by atoms with E-state index in [0.717, 1.165) is 28.8 Å². The summed E-state index contributed by atoms with van der Waals surface area (Å²) in [4.78, 5) is 22.0. The number of carbonyl (C=O) groups is 1. The lowest BCUT2D eigenvalue weighted by molar-refractivity contribution is -0.118. The molecule has 138 valence electrons. The highest BCUT2D eigenvalue weighted by atomic mass is 16.5. The fourth-order valence-electron chi connectivity index (χ4n) is 3.28. The van der Waals surface area contributed by atoms with Gasteiger partial charge >= 0.3 is 0 Å². The number of fused-ring (bicyclic) bond motifs is 1. The molecule has 3 aromatic rings. The number of hydrogen-bond acceptors (Lipinski definition) is 5. The number of carbonyl (C=O) groups excluding carboxylic acids is 1. The second-order valence-electron chi connectivity index (χ2n) is 6.66. The minimum Gasteiger partial charge on any atom is -0.473 e. The van der Waals surface area contributed by atoms with Gasteiger partial charge in [-0.2, -0.15) is 5.26 Å². The van der Waals surface area contributed by atoms with Crippen LogP contribution in [0.1, 0.15) is 23.1 Å². The van der Waals surface area contributed by atoms with Gasteiger partial charge in [-0.25, -0.2) is 4.98 Å². The van der Waals surface area contributed by atoms with Crippen LogP contribution in [0.15, 0.2) is 55.0 Å². The summed E-state index contributed by atoms with van der Waals surface area (Å²) in [6.45, 7) is 0.310. The molecule has 0 fully saturated rings. The summed E-state index contributed by atoms with van der Waals surface area (Å²) in [7, 11) is 1.81. The molecule has 1 aliphatic heterocycles. The Morgan fingerprint density at radius 2 is 2.04 bits per heavy atom. The molecule has 1 amide bonds. The van der Waals surface area contributed by atoms with E-state index in [-0.39, 0.29) is 5.91 Å². The van der Waals surface area contributed by atoms with E-state index >= 15 is 0 Å². The first-order valence-corrected chi connectivity index (χ1v) is 8.97. The van der Waals surface area contributed by atoms with Crippen LogP contribution in [0, 0.1) is 11.3 Å². The topological polar surface area (TPSA) is 79.1 Å². The summed E-state index contributed by atoms with van der Waals surface area (Å²) < 4.78 is 5.70. The normalized spacial score (nSPS) is 13.0. The zero-order chi connectivity index (χ0) is 19.5. The number of nitrogens with zero attached hydrogens (tertiary/aromatic N) is 4. The molecule has 0 bridgehead atoms. The van der Waals surface area contributed by atoms with Crippen LogP contribution in [0.5, 0.6) is 5.88 Å². The Labute approximate surface area is 163 Å². The predicted molar refractivity (Wildman–Crippen MR) is 105 cm³/mol. The van der Waals surface area contributed by atoms with Crippen molar-refractivity contribution in [3.8, 4) is 23.1 Å². The van der Waals surface area contributed by atoms with E-state index in [9.17, 15) is 4.79 Å². The summed E-state index contributed by atoms with van der Waals surface area (Å²) >= 11 is 0. The van der Waals surface area contributed by atoms with Gasteiger partial charge in [0, 0.05) is 54.9 Å². The Morgan fingerprint density at radius 1 is 1.14 bits per heavy atom. The van der Waals surface area contributed by atoms with E-state index in [0.29, 0.717) is 24.5 Å². The minimum atomic E-state index is 0.148. The van der Waals surface area contributed by atoms with Crippen LogP contribution in [0.2, 0.25) is 0 Å². The fourth-order valence-corrected chi connectivity index (χ4v) is 3.28. The van der Waals surface area contributed by atoms with E-state index in [1.165, 1.54) is 5.56 Å². The minimum absolute atomic E-state index is 0.148. The third-order valence-electron chi connectivity index (χ3n) is 4.80. The van der Waals surface area contributed by atoms with E-state index in [2.05, 4.69) is 22.1 Å². The van der Waals surface area contributed by atoms with E-state index in [4.69, 9.17) is 10.00 Å². The number of aryl methyl sites for hydroxylation is 1. The number of amides is 1. The third kappa shape index (κ3) is 3.55. The Kier molecular flexibility index (Phi) is 4.73. The average molecular weight is 370 g/mol. The number of hydrogen-bond donors (Lipinski definition) is 0. The number of anilines is 1. The van der Waals surface area contributed by atoms with Crippen LogP contribution < -0.4 is 9.64 Å². The average Bonchev–Trinajstić information content (AvgIpc) is 2.75. The van der Waals surface area contributed by atoms with Crippen molar-refractivity contribution in [2.45, 2.75) is 19.4 Å². The molecule has 1 aromatic carbocycles. The van der Waals surface area contributed by atoms with Crippen LogP contribution in [0.25, 0.3) is 11.1 Å². The smallest absolute Gasteiger partial charge is 0.227 e. The summed E-state index contributed by atoms with van der Waals surface area (Å²) in [5.74, 6) is 0.557. The lowest BCUT2D eigenvalue weighted by Gasteiger charge is -2.26. The second-order valence-corrected chi connectivity index (χ2v) is 6.66. The van der Waals surface area contributed by atoms with Gasteiger partial charge in [0.25, 0.3) is 0 Å². The van der Waals surface area contributed by atoms with E-state index in [1.807, 2.05) is 31.4 Å². The highest BCUT2D eigenvalue weighted by Gasteiger charge is 2.21. The lowest BCUT2D eigenvalue weighted by Crippen LogP contribution is -2.30. The molecule has 1 aliphatic rings. The molecule has 0 atom stereocenters. The molecule has 0 unspecified atom stereocenters. The lowest BCUT2D eigenvalue weighted by atomic mass is 9.96. The van der Waals surface area contributed by atoms with Gasteiger partial charge in [0.2, 0.25) is 11.8 Å². The molecule has 0 radical (unpaired) electrons. The van der Waals surface area contributed by atoms with Crippen LogP contribution in [0.4, 0.5) is 5.69 Å². The Balaban J connectivity index is 1.54. The van der Waals surface area contributed by atoms with Crippen LogP contribution >= 0.6 is 0 Å². The van der Waals surface area contributed by atoms with Gasteiger partial charge in [-0.05, 0) is 41.8 Å². The molecule has 0 aliphatic carbocycles. The molecule has 6 heteroatoms. The van der Waals surface area contributed by atoms with Crippen molar-refractivity contribution in [2.24, 2.45) is 0 Å². The molecule has 0 saturated heterocycles. The Morgan fingerprint density at radius 3 is 2.89 bits per heavy atom. The highest BCUT2D eigenvalue weighted by molar-refractivity contribution is 5.96. The molecular weight excluding hydrogens is 352 g/mol. The van der Waals surface area contributed by atoms with Crippen molar-refractivity contribution in [3.63, 3.8) is 0 Å². The van der Waals surface area contributed by atoms with Gasteiger partial charge < -0.3 is 9.64 Å². The second kappa shape index (κ2) is 7.49. The first kappa shape index (κ1) is 17.7. The van der Waals surface area contributed by atoms with Crippen molar-refractivity contribution < 1.29 is 9.53 Å². The molecule has 0 spiro atoms. The molecule has 0 N–H and O–H groups in total. The number of benzene rings is 1. The standard InChI is InChI=1S/C22H18N4O2/c1-26-20-4-2-17(10-18(20)3-5-22(26)27)19-8-16(12-24-13-19)14-28-21-9-15(11-23)6-7-25-21/h2,4,6-10,12-13H,3,5,14H2,1H3. The molecule has 0 saturated carbocycles. The van der Waals surface area contributed by atoms with Gasteiger partial charge in [-0.1, -0.05) is 6.07 Å². The van der Waals surface area contributed by atoms with Gasteiger partial charge in [0.15, 0.2) is 0 Å². The molecular formula is C22H18N4O2. The monoisotopic (exact) mass is 370 g/mol. The van der Waals surface area contributed by atoms with Gasteiger partial charge in [0.1, 0.15) is 6.61 Å². The number of rotatable bonds is 4. The molecule has 28 heavy (non-hydrogen) atoms. The van der Waals surface area contributed by atoms with Crippen LogP contribution in [-0.4, -0.2) is 22.9 Å². The maximum Gasteiger partial charge on any atom is 0.227 e. The SMILES string of the molecule is CN1C(=O)CCc2cc(-c3cncc(COc4cc(C#N)ccn4)c3)ccc21. The number of pyridine rings is 2. The predicted octanol–water partition coefficient (Wildman–Crippen LogP) is 3.50. The molecule has 6 nitrogen and oxygen atoms in total. The molecule has 3 heterocycles. The summed E-state index contributed by atoms with van der Waals surface area (Å²) in [6.07, 6.45) is 6.41. The summed E-state index contributed by atoms with van der Waals surface area (Å²) in [5.41, 5.74) is 5.60. The van der Waals surface area contributed by atoms with Gasteiger partial charge in [-0.15, -0.1) is 0 Å². The molecule has 4 rings (SSSR count). The van der Waals surface area contributed by atoms with E-state index < -0.39 is 0 Å². The van der Waals surface area contributed by atoms with Gasteiger partial charge in [0.05, 0.1) is 11.6 Å². The highest BCUT2D eigenvalue weighted by Crippen LogP contribution is 2.31. The zero-order valence-corrected chi connectivity index (χ0v) is 15.4. The third-order valence-corrected chi connectivity index (χ3v) is 4.80. The van der Waals surface area contributed by atoms with Crippen LogP contribution in [-0.2, 0) is 17.8 Å². The van der Waals surface area contributed by atoms with Crippen molar-refractivity contribution in [3.05, 3.63) is 71.7 Å². The first-order chi connectivity index (χ1) is 13.6. The Hall–Kier alpha value is -3.72. The first-order valence-electron chi connectivity index (χ1n) is 8.97. The van der Waals surface area contributed by atoms with E-state index in [1.54, 1.807) is 29.4 Å². The van der Waals surface area contributed by atoms with Crippen molar-refractivity contribution in [1.82, 2.24) is 9.97 Å². The number of nitriles is 1. The van der Waals surface area contributed by atoms with Crippen LogP contribution in [0.3, 0.4) is 0 Å². The maximum absolute atomic E-state index is 11.9. The van der Waals surface area contributed by atoms with Crippen molar-refractivity contribution in [1.29, 1.82) is 5.26 Å². The number of ether oxygens (including phenoxy) is 1. The Bertz CT molecular complexity index is 1090. The summed E-state index contributed by atoms with van der Waals surface area (Å²) in [5, 5.41) is 8.96. The fraction of sp³-hybridized carbons (Fsp3) is 0.182. The number of aromatic nitrogens is 2. The van der Waals surface area contributed by atoms with Crippen molar-refractivity contribution >= 4 is 11.6 Å². The van der Waals surface area contributed by atoms with Crippen molar-refractivity contribution in [2.75, 3.05) is 11.9 Å². The quantitative estimate of drug-likeness (QED) is 0.702. The largest absolute Gasteiger partial charge is 0.473 e. The maximum atomic E-state index is 11.9.